The van der Waals surface area contributed by atoms with Crippen molar-refractivity contribution >= 4 is 0 Å². The first-order valence-corrected chi connectivity index (χ1v) is 5.90. The topological polar surface area (TPSA) is 0 Å². The summed E-state index contributed by atoms with van der Waals surface area (Å²) < 4.78 is 0. The highest BCUT2D eigenvalue weighted by atomic mass is 14.1. The van der Waals surface area contributed by atoms with Crippen molar-refractivity contribution in [1.29, 1.82) is 0 Å². The second-order valence-electron chi connectivity index (χ2n) is 3.61. The highest BCUT2D eigenvalue weighted by Gasteiger charge is 2.01. The molecular formula is C17H24. The Bertz CT molecular complexity index is 427. The Balaban J connectivity index is 0.000000811. The quantitative estimate of drug-likeness (QED) is 0.593. The number of benzene rings is 2. The predicted molar refractivity (Wildman–Crippen MR) is 79.4 cm³/mol. The van der Waals surface area contributed by atoms with Crippen molar-refractivity contribution in [2.45, 2.75) is 35.1 Å². The maximum Gasteiger partial charge on any atom is -0.0152 e. The molecule has 0 amide bonds. The number of aryl methyl sites for hydroxylation is 1. The van der Waals surface area contributed by atoms with Crippen LogP contribution in [0.15, 0.2) is 48.5 Å². The van der Waals surface area contributed by atoms with E-state index >= 15 is 0 Å². The molecule has 0 fully saturated rings. The summed E-state index contributed by atoms with van der Waals surface area (Å²) in [6.07, 6.45) is 0. The van der Waals surface area contributed by atoms with E-state index in [-0.39, 0.29) is 7.43 Å². The summed E-state index contributed by atoms with van der Waals surface area (Å²) in [5.41, 5.74) is 5.37. The van der Waals surface area contributed by atoms with E-state index < -0.39 is 0 Å². The summed E-state index contributed by atoms with van der Waals surface area (Å²) in [4.78, 5) is 0. The Morgan fingerprint density at radius 1 is 0.706 bits per heavy atom. The van der Waals surface area contributed by atoms with Gasteiger partial charge in [0, 0.05) is 0 Å². The van der Waals surface area contributed by atoms with Crippen molar-refractivity contribution in [3.8, 4) is 11.1 Å². The van der Waals surface area contributed by atoms with Gasteiger partial charge in [-0.25, -0.2) is 0 Å². The van der Waals surface area contributed by atoms with Crippen LogP contribution in [0.2, 0.25) is 0 Å². The van der Waals surface area contributed by atoms with Crippen LogP contribution in [0.5, 0.6) is 0 Å². The normalized spacial score (nSPS) is 8.71. The van der Waals surface area contributed by atoms with Gasteiger partial charge in [-0.1, -0.05) is 69.8 Å². The summed E-state index contributed by atoms with van der Waals surface area (Å²) >= 11 is 0. The van der Waals surface area contributed by atoms with Crippen molar-refractivity contribution in [2.24, 2.45) is 0 Å². The third kappa shape index (κ3) is 3.74. The van der Waals surface area contributed by atoms with E-state index in [4.69, 9.17) is 0 Å². The van der Waals surface area contributed by atoms with Gasteiger partial charge in [0.1, 0.15) is 0 Å². The molecule has 2 aromatic carbocycles. The summed E-state index contributed by atoms with van der Waals surface area (Å²) in [6, 6.07) is 17.0. The lowest BCUT2D eigenvalue weighted by atomic mass is 9.97. The van der Waals surface area contributed by atoms with Gasteiger partial charge >= 0.3 is 0 Å². The molecular weight excluding hydrogens is 204 g/mol. The molecule has 0 saturated heterocycles. The molecule has 0 heterocycles. The van der Waals surface area contributed by atoms with Gasteiger partial charge in [-0.05, 0) is 36.1 Å². The molecule has 0 nitrogen and oxygen atoms in total. The van der Waals surface area contributed by atoms with Crippen LogP contribution in [0.25, 0.3) is 11.1 Å². The third-order valence-corrected chi connectivity index (χ3v) is 2.69. The standard InChI is InChI=1S/C14H14.C2H6.CH4/c1-11-7-6-10-14(12(11)2)13-8-4-3-5-9-13;1-2;/h3-10H,1-2H3;1-2H3;1H4. The number of hydrogen-bond donors (Lipinski definition) is 0. The smallest absolute Gasteiger partial charge is 0.0152 e. The molecule has 0 unspecified atom stereocenters. The summed E-state index contributed by atoms with van der Waals surface area (Å²) in [5.74, 6) is 0. The summed E-state index contributed by atoms with van der Waals surface area (Å²) in [6.45, 7) is 8.33. The van der Waals surface area contributed by atoms with E-state index in [0.717, 1.165) is 0 Å². The zero-order valence-electron chi connectivity index (χ0n) is 10.6. The zero-order valence-corrected chi connectivity index (χ0v) is 10.6. The van der Waals surface area contributed by atoms with Crippen LogP contribution in [-0.2, 0) is 0 Å². The molecule has 0 spiro atoms. The van der Waals surface area contributed by atoms with Crippen molar-refractivity contribution in [2.75, 3.05) is 0 Å². The molecule has 0 aliphatic rings. The molecule has 0 aromatic heterocycles. The van der Waals surface area contributed by atoms with Crippen molar-refractivity contribution < 1.29 is 0 Å². The van der Waals surface area contributed by atoms with Crippen LogP contribution in [0.3, 0.4) is 0 Å². The Morgan fingerprint density at radius 2 is 1.29 bits per heavy atom. The van der Waals surface area contributed by atoms with Gasteiger partial charge in [0.05, 0.1) is 0 Å². The highest BCUT2D eigenvalue weighted by Crippen LogP contribution is 2.24. The molecule has 0 bridgehead atoms. The highest BCUT2D eigenvalue weighted by molar-refractivity contribution is 5.68. The lowest BCUT2D eigenvalue weighted by molar-refractivity contribution is 1.34. The summed E-state index contributed by atoms with van der Waals surface area (Å²) in [5, 5.41) is 0. The number of rotatable bonds is 1. The third-order valence-electron chi connectivity index (χ3n) is 2.69. The van der Waals surface area contributed by atoms with E-state index in [0.29, 0.717) is 0 Å². The van der Waals surface area contributed by atoms with Gasteiger partial charge < -0.3 is 0 Å². The van der Waals surface area contributed by atoms with Crippen LogP contribution >= 0.6 is 0 Å². The summed E-state index contributed by atoms with van der Waals surface area (Å²) in [7, 11) is 0. The molecule has 2 aromatic rings. The van der Waals surface area contributed by atoms with Crippen molar-refractivity contribution in [3.05, 3.63) is 59.7 Å². The molecule has 2 rings (SSSR count). The Morgan fingerprint density at radius 3 is 1.88 bits per heavy atom. The van der Waals surface area contributed by atoms with E-state index in [2.05, 4.69) is 62.4 Å². The average Bonchev–Trinajstić information content (AvgIpc) is 2.36. The fourth-order valence-corrected chi connectivity index (χ4v) is 1.68. The molecule has 0 aliphatic heterocycles. The fraction of sp³-hybridized carbons (Fsp3) is 0.294. The van der Waals surface area contributed by atoms with Gasteiger partial charge in [-0.3, -0.25) is 0 Å². The van der Waals surface area contributed by atoms with Gasteiger partial charge in [-0.15, -0.1) is 0 Å². The first-order valence-electron chi connectivity index (χ1n) is 5.90. The monoisotopic (exact) mass is 228 g/mol. The van der Waals surface area contributed by atoms with Gasteiger partial charge in [-0.2, -0.15) is 0 Å². The molecule has 0 saturated carbocycles. The Hall–Kier alpha value is -1.56. The van der Waals surface area contributed by atoms with E-state index in [9.17, 15) is 0 Å². The maximum atomic E-state index is 2.18. The van der Waals surface area contributed by atoms with Crippen LogP contribution < -0.4 is 0 Å². The second kappa shape index (κ2) is 7.67. The van der Waals surface area contributed by atoms with Crippen LogP contribution in [0.4, 0.5) is 0 Å². The molecule has 0 N–H and O–H groups in total. The minimum atomic E-state index is 0. The first-order chi connectivity index (χ1) is 7.79. The zero-order chi connectivity index (χ0) is 12.0. The lowest BCUT2D eigenvalue weighted by Gasteiger charge is -2.07. The van der Waals surface area contributed by atoms with Crippen LogP contribution in [-0.4, -0.2) is 0 Å². The molecule has 0 radical (unpaired) electrons. The second-order valence-corrected chi connectivity index (χ2v) is 3.61. The Labute approximate surface area is 106 Å². The molecule has 0 atom stereocenters. The van der Waals surface area contributed by atoms with Gasteiger partial charge in [0.2, 0.25) is 0 Å². The fourth-order valence-electron chi connectivity index (χ4n) is 1.68. The minimum absolute atomic E-state index is 0. The SMILES string of the molecule is C.CC.Cc1cccc(-c2ccccc2)c1C. The van der Waals surface area contributed by atoms with E-state index in [1.165, 1.54) is 22.3 Å². The molecule has 0 aliphatic carbocycles. The van der Waals surface area contributed by atoms with Crippen molar-refractivity contribution in [1.82, 2.24) is 0 Å². The maximum absolute atomic E-state index is 2.18. The first kappa shape index (κ1) is 15.4. The van der Waals surface area contributed by atoms with Gasteiger partial charge in [0.15, 0.2) is 0 Å². The van der Waals surface area contributed by atoms with Crippen LogP contribution in [0.1, 0.15) is 32.4 Å². The largest absolute Gasteiger partial charge is 0.0776 e. The minimum Gasteiger partial charge on any atom is -0.0776 e. The van der Waals surface area contributed by atoms with E-state index in [1.807, 2.05) is 13.8 Å². The lowest BCUT2D eigenvalue weighted by Crippen LogP contribution is -1.85. The molecule has 0 heteroatoms. The van der Waals surface area contributed by atoms with Crippen LogP contribution in [0, 0.1) is 13.8 Å². The van der Waals surface area contributed by atoms with Crippen molar-refractivity contribution in [3.63, 3.8) is 0 Å². The average molecular weight is 228 g/mol. The van der Waals surface area contributed by atoms with E-state index in [1.54, 1.807) is 0 Å². The molecule has 17 heavy (non-hydrogen) atoms. The van der Waals surface area contributed by atoms with Gasteiger partial charge in [0.25, 0.3) is 0 Å². The number of hydrogen-bond acceptors (Lipinski definition) is 0. The predicted octanol–water partition coefficient (Wildman–Crippen LogP) is 5.63. The Kier molecular flexibility index (Phi) is 6.97. The molecule has 92 valence electrons.